The van der Waals surface area contributed by atoms with Crippen LogP contribution in [0.4, 0.5) is 5.69 Å². The van der Waals surface area contributed by atoms with Crippen LogP contribution in [-0.4, -0.2) is 48.6 Å². The van der Waals surface area contributed by atoms with Gasteiger partial charge < -0.3 is 14.9 Å². The van der Waals surface area contributed by atoms with Gasteiger partial charge >= 0.3 is 5.97 Å². The molecule has 2 rings (SSSR count). The van der Waals surface area contributed by atoms with E-state index in [4.69, 9.17) is 5.11 Å². The minimum absolute atomic E-state index is 0.0239. The average Bonchev–Trinajstić information content (AvgIpc) is 2.75. The monoisotopic (exact) mass is 276 g/mol. The number of benzene rings is 1. The largest absolute Gasteiger partial charge is 0.481 e. The molecule has 0 radical (unpaired) electrons. The van der Waals surface area contributed by atoms with E-state index in [2.05, 4.69) is 0 Å². The molecule has 0 spiro atoms. The Bertz CT molecular complexity index is 528. The highest BCUT2D eigenvalue weighted by atomic mass is 16.4. The number of anilines is 1. The molecule has 0 saturated heterocycles. The van der Waals surface area contributed by atoms with Crippen LogP contribution in [0.3, 0.4) is 0 Å². The van der Waals surface area contributed by atoms with Crippen molar-refractivity contribution in [2.75, 3.05) is 25.5 Å². The Morgan fingerprint density at radius 1 is 1.40 bits per heavy atom. The van der Waals surface area contributed by atoms with E-state index in [1.165, 1.54) is 0 Å². The van der Waals surface area contributed by atoms with Gasteiger partial charge in [-0.1, -0.05) is 18.2 Å². The quantitative estimate of drug-likeness (QED) is 0.906. The maximum atomic E-state index is 12.1. The number of hydrogen-bond acceptors (Lipinski definition) is 3. The standard InChI is InChI=1S/C15H20N2O3/c1-10(15(20)16(2)3)17-9-11(8-14(18)19)12-6-4-5-7-13(12)17/h4-7,10-11H,8-9H2,1-3H3,(H,18,19). The van der Waals surface area contributed by atoms with Crippen LogP contribution in [0.25, 0.3) is 0 Å². The van der Waals surface area contributed by atoms with E-state index in [1.807, 2.05) is 36.1 Å². The van der Waals surface area contributed by atoms with E-state index < -0.39 is 5.97 Å². The van der Waals surface area contributed by atoms with E-state index in [1.54, 1.807) is 19.0 Å². The van der Waals surface area contributed by atoms with Crippen LogP contribution < -0.4 is 4.90 Å². The van der Waals surface area contributed by atoms with Gasteiger partial charge in [-0.25, -0.2) is 0 Å². The van der Waals surface area contributed by atoms with Crippen molar-refractivity contribution in [2.45, 2.75) is 25.3 Å². The number of aliphatic carboxylic acids is 1. The van der Waals surface area contributed by atoms with E-state index in [0.717, 1.165) is 11.3 Å². The summed E-state index contributed by atoms with van der Waals surface area (Å²) in [5.41, 5.74) is 2.00. The zero-order chi connectivity index (χ0) is 14.9. The van der Waals surface area contributed by atoms with Crippen LogP contribution in [0.2, 0.25) is 0 Å². The van der Waals surface area contributed by atoms with Crippen molar-refractivity contribution in [3.8, 4) is 0 Å². The predicted molar refractivity (Wildman–Crippen MR) is 76.9 cm³/mol. The lowest BCUT2D eigenvalue weighted by Gasteiger charge is -2.28. The maximum absolute atomic E-state index is 12.1. The molecule has 108 valence electrons. The summed E-state index contributed by atoms with van der Waals surface area (Å²) in [5.74, 6) is -0.838. The van der Waals surface area contributed by atoms with Crippen molar-refractivity contribution >= 4 is 17.6 Å². The van der Waals surface area contributed by atoms with Gasteiger partial charge in [-0.2, -0.15) is 0 Å². The van der Waals surface area contributed by atoms with Gasteiger partial charge in [0.25, 0.3) is 0 Å². The Morgan fingerprint density at radius 3 is 2.65 bits per heavy atom. The summed E-state index contributed by atoms with van der Waals surface area (Å²) >= 11 is 0. The molecule has 0 fully saturated rings. The van der Waals surface area contributed by atoms with Crippen molar-refractivity contribution in [3.63, 3.8) is 0 Å². The summed E-state index contributed by atoms with van der Waals surface area (Å²) in [6.07, 6.45) is 0.0936. The second kappa shape index (κ2) is 5.53. The normalized spacial score (nSPS) is 18.6. The highest BCUT2D eigenvalue weighted by molar-refractivity contribution is 5.86. The minimum Gasteiger partial charge on any atom is -0.481 e. The third-order valence-corrected chi connectivity index (χ3v) is 3.79. The van der Waals surface area contributed by atoms with Crippen LogP contribution in [0, 0.1) is 0 Å². The molecule has 1 aliphatic heterocycles. The number of amides is 1. The lowest BCUT2D eigenvalue weighted by molar-refractivity contribution is -0.137. The van der Waals surface area contributed by atoms with Gasteiger partial charge in [0.2, 0.25) is 5.91 Å². The highest BCUT2D eigenvalue weighted by Crippen LogP contribution is 2.39. The molecule has 20 heavy (non-hydrogen) atoms. The molecule has 1 amide bonds. The van der Waals surface area contributed by atoms with E-state index >= 15 is 0 Å². The van der Waals surface area contributed by atoms with E-state index in [9.17, 15) is 9.59 Å². The molecule has 1 aromatic rings. The second-order valence-corrected chi connectivity index (χ2v) is 5.41. The molecule has 2 atom stereocenters. The highest BCUT2D eigenvalue weighted by Gasteiger charge is 2.34. The lowest BCUT2D eigenvalue weighted by Crippen LogP contribution is -2.44. The van der Waals surface area contributed by atoms with Crippen molar-refractivity contribution in [1.82, 2.24) is 4.90 Å². The first-order valence-corrected chi connectivity index (χ1v) is 6.70. The van der Waals surface area contributed by atoms with E-state index in [0.29, 0.717) is 6.54 Å². The van der Waals surface area contributed by atoms with Crippen molar-refractivity contribution in [3.05, 3.63) is 29.8 Å². The number of carbonyl (C=O) groups is 2. The summed E-state index contributed by atoms with van der Waals surface area (Å²) < 4.78 is 0. The minimum atomic E-state index is -0.807. The number of carbonyl (C=O) groups excluding carboxylic acids is 1. The smallest absolute Gasteiger partial charge is 0.304 e. The molecular weight excluding hydrogens is 256 g/mol. The molecule has 0 aliphatic carbocycles. The van der Waals surface area contributed by atoms with Gasteiger partial charge in [0.1, 0.15) is 6.04 Å². The SMILES string of the molecule is CC(C(=O)N(C)C)N1CC(CC(=O)O)c2ccccc21. The molecular formula is C15H20N2O3. The number of likely N-dealkylation sites (N-methyl/N-ethyl adjacent to an activating group) is 1. The van der Waals surface area contributed by atoms with Crippen LogP contribution >= 0.6 is 0 Å². The Balaban J connectivity index is 2.29. The Hall–Kier alpha value is -2.04. The predicted octanol–water partition coefficient (Wildman–Crippen LogP) is 1.54. The van der Waals surface area contributed by atoms with Gasteiger partial charge in [-0.15, -0.1) is 0 Å². The zero-order valence-corrected chi connectivity index (χ0v) is 12.0. The number of para-hydroxylation sites is 1. The summed E-state index contributed by atoms with van der Waals surface area (Å²) in [5, 5.41) is 9.03. The maximum Gasteiger partial charge on any atom is 0.304 e. The first kappa shape index (κ1) is 14.4. The first-order valence-electron chi connectivity index (χ1n) is 6.70. The molecule has 0 saturated carbocycles. The summed E-state index contributed by atoms with van der Waals surface area (Å²) in [7, 11) is 3.46. The number of fused-ring (bicyclic) bond motifs is 1. The number of carboxylic acid groups (broad SMARTS) is 1. The Morgan fingerprint density at radius 2 is 2.05 bits per heavy atom. The zero-order valence-electron chi connectivity index (χ0n) is 12.0. The van der Waals surface area contributed by atoms with Crippen molar-refractivity contribution < 1.29 is 14.7 Å². The Labute approximate surface area is 118 Å². The van der Waals surface area contributed by atoms with E-state index in [-0.39, 0.29) is 24.3 Å². The van der Waals surface area contributed by atoms with Gasteiger partial charge in [0.05, 0.1) is 6.42 Å². The number of hydrogen-bond donors (Lipinski definition) is 1. The van der Waals surface area contributed by atoms with Gasteiger partial charge in [-0.05, 0) is 18.6 Å². The van der Waals surface area contributed by atoms with Gasteiger partial charge in [-0.3, -0.25) is 9.59 Å². The summed E-state index contributed by atoms with van der Waals surface area (Å²) in [4.78, 5) is 26.7. The van der Waals surface area contributed by atoms with Gasteiger partial charge in [0.15, 0.2) is 0 Å². The number of nitrogens with zero attached hydrogens (tertiary/aromatic N) is 2. The van der Waals surface area contributed by atoms with Crippen molar-refractivity contribution in [1.29, 1.82) is 0 Å². The van der Waals surface area contributed by atoms with Crippen LogP contribution in [0.15, 0.2) is 24.3 Å². The van der Waals surface area contributed by atoms with Crippen LogP contribution in [-0.2, 0) is 9.59 Å². The number of rotatable bonds is 4. The molecule has 1 heterocycles. The third kappa shape index (κ3) is 2.61. The molecule has 1 N–H and O–H groups in total. The third-order valence-electron chi connectivity index (χ3n) is 3.79. The molecule has 5 heteroatoms. The molecule has 0 aromatic heterocycles. The summed E-state index contributed by atoms with van der Waals surface area (Å²) in [6.45, 7) is 2.44. The fraction of sp³-hybridized carbons (Fsp3) is 0.467. The van der Waals surface area contributed by atoms with Gasteiger partial charge in [0, 0.05) is 32.2 Å². The van der Waals surface area contributed by atoms with Crippen molar-refractivity contribution in [2.24, 2.45) is 0 Å². The first-order chi connectivity index (χ1) is 9.41. The van der Waals surface area contributed by atoms with Crippen LogP contribution in [0.1, 0.15) is 24.8 Å². The second-order valence-electron chi connectivity index (χ2n) is 5.41. The molecule has 0 bridgehead atoms. The fourth-order valence-electron chi connectivity index (χ4n) is 2.79. The average molecular weight is 276 g/mol. The molecule has 1 aliphatic rings. The Kier molecular flexibility index (Phi) is 3.97. The lowest BCUT2D eigenvalue weighted by atomic mass is 9.98. The topological polar surface area (TPSA) is 60.9 Å². The summed E-state index contributed by atoms with van der Waals surface area (Å²) in [6, 6.07) is 7.45. The fourth-order valence-corrected chi connectivity index (χ4v) is 2.79. The molecule has 5 nitrogen and oxygen atoms in total. The molecule has 2 unspecified atom stereocenters. The van der Waals surface area contributed by atoms with Crippen LogP contribution in [0.5, 0.6) is 0 Å². The number of carboxylic acids is 1. The molecule has 1 aromatic carbocycles.